The van der Waals surface area contributed by atoms with E-state index >= 15 is 0 Å². The van der Waals surface area contributed by atoms with Gasteiger partial charge in [0.2, 0.25) is 0 Å². The number of hydrogen-bond donors (Lipinski definition) is 0. The Balaban J connectivity index is 1.41. The monoisotopic (exact) mass is 200 g/mol. The SMILES string of the molecule is C1COC(CCOCCC2CC2)OC1. The molecule has 0 radical (unpaired) electrons. The summed E-state index contributed by atoms with van der Waals surface area (Å²) in [4.78, 5) is 0. The second kappa shape index (κ2) is 5.69. The van der Waals surface area contributed by atoms with E-state index in [4.69, 9.17) is 14.2 Å². The van der Waals surface area contributed by atoms with E-state index in [1.165, 1.54) is 19.3 Å². The molecule has 0 aromatic carbocycles. The normalized spacial score (nSPS) is 24.0. The lowest BCUT2D eigenvalue weighted by atomic mass is 10.3. The van der Waals surface area contributed by atoms with Gasteiger partial charge in [-0.15, -0.1) is 0 Å². The van der Waals surface area contributed by atoms with E-state index in [0.29, 0.717) is 0 Å². The number of hydrogen-bond acceptors (Lipinski definition) is 3. The minimum atomic E-state index is -0.00956. The lowest BCUT2D eigenvalue weighted by Crippen LogP contribution is -2.26. The van der Waals surface area contributed by atoms with Crippen LogP contribution in [0.5, 0.6) is 0 Å². The quantitative estimate of drug-likeness (QED) is 0.613. The van der Waals surface area contributed by atoms with Gasteiger partial charge in [0.1, 0.15) is 0 Å². The van der Waals surface area contributed by atoms with Crippen molar-refractivity contribution in [2.45, 2.75) is 38.4 Å². The molecule has 0 spiro atoms. The summed E-state index contributed by atoms with van der Waals surface area (Å²) in [7, 11) is 0. The van der Waals surface area contributed by atoms with Crippen molar-refractivity contribution >= 4 is 0 Å². The topological polar surface area (TPSA) is 27.7 Å². The summed E-state index contributed by atoms with van der Waals surface area (Å²) in [6, 6.07) is 0. The molecule has 3 nitrogen and oxygen atoms in total. The molecule has 1 heterocycles. The van der Waals surface area contributed by atoms with Crippen LogP contribution in [0.1, 0.15) is 32.1 Å². The number of rotatable bonds is 6. The lowest BCUT2D eigenvalue weighted by Gasteiger charge is -2.22. The van der Waals surface area contributed by atoms with Gasteiger partial charge in [0.15, 0.2) is 6.29 Å². The molecule has 3 heteroatoms. The molecule has 1 aliphatic carbocycles. The van der Waals surface area contributed by atoms with E-state index in [1.54, 1.807) is 0 Å². The molecule has 0 bridgehead atoms. The van der Waals surface area contributed by atoms with Crippen LogP contribution in [0.25, 0.3) is 0 Å². The molecular weight excluding hydrogens is 180 g/mol. The summed E-state index contributed by atoms with van der Waals surface area (Å²) in [6.45, 7) is 3.37. The third kappa shape index (κ3) is 3.95. The van der Waals surface area contributed by atoms with Crippen molar-refractivity contribution in [3.8, 4) is 0 Å². The van der Waals surface area contributed by atoms with Gasteiger partial charge in [0.05, 0.1) is 19.8 Å². The maximum absolute atomic E-state index is 5.53. The van der Waals surface area contributed by atoms with Gasteiger partial charge in [0, 0.05) is 13.0 Å². The summed E-state index contributed by atoms with van der Waals surface area (Å²) in [5, 5.41) is 0. The molecule has 14 heavy (non-hydrogen) atoms. The molecular formula is C11H20O3. The first-order valence-electron chi connectivity index (χ1n) is 5.76. The molecule has 0 amide bonds. The fourth-order valence-electron chi connectivity index (χ4n) is 1.64. The Bertz CT molecular complexity index is 151. The first-order chi connectivity index (χ1) is 6.95. The van der Waals surface area contributed by atoms with Crippen molar-refractivity contribution in [3.63, 3.8) is 0 Å². The minimum absolute atomic E-state index is 0.00956. The van der Waals surface area contributed by atoms with Crippen LogP contribution < -0.4 is 0 Å². The Morgan fingerprint density at radius 3 is 2.43 bits per heavy atom. The van der Waals surface area contributed by atoms with Crippen molar-refractivity contribution < 1.29 is 14.2 Å². The zero-order valence-electron chi connectivity index (χ0n) is 8.74. The zero-order chi connectivity index (χ0) is 9.64. The predicted molar refractivity (Wildman–Crippen MR) is 53.1 cm³/mol. The van der Waals surface area contributed by atoms with Gasteiger partial charge < -0.3 is 14.2 Å². The highest BCUT2D eigenvalue weighted by Crippen LogP contribution is 2.32. The Morgan fingerprint density at radius 1 is 1.00 bits per heavy atom. The molecule has 0 N–H and O–H groups in total. The molecule has 2 aliphatic rings. The smallest absolute Gasteiger partial charge is 0.159 e. The van der Waals surface area contributed by atoms with Gasteiger partial charge in [-0.1, -0.05) is 12.8 Å². The minimum Gasteiger partial charge on any atom is -0.381 e. The summed E-state index contributed by atoms with van der Waals surface area (Å²) in [6.07, 6.45) is 5.97. The Hall–Kier alpha value is -0.120. The fraction of sp³-hybridized carbons (Fsp3) is 1.00. The highest BCUT2D eigenvalue weighted by Gasteiger charge is 2.20. The van der Waals surface area contributed by atoms with Gasteiger partial charge in [-0.05, 0) is 18.8 Å². The van der Waals surface area contributed by atoms with Gasteiger partial charge >= 0.3 is 0 Å². The molecule has 1 saturated heterocycles. The first kappa shape index (κ1) is 10.4. The van der Waals surface area contributed by atoms with Crippen LogP contribution in [0.4, 0.5) is 0 Å². The zero-order valence-corrected chi connectivity index (χ0v) is 8.74. The molecule has 2 fully saturated rings. The Kier molecular flexibility index (Phi) is 4.22. The third-order valence-electron chi connectivity index (χ3n) is 2.76. The van der Waals surface area contributed by atoms with E-state index < -0.39 is 0 Å². The molecule has 1 aliphatic heterocycles. The highest BCUT2D eigenvalue weighted by atomic mass is 16.7. The van der Waals surface area contributed by atoms with Gasteiger partial charge in [-0.3, -0.25) is 0 Å². The van der Waals surface area contributed by atoms with Gasteiger partial charge in [-0.2, -0.15) is 0 Å². The van der Waals surface area contributed by atoms with E-state index in [9.17, 15) is 0 Å². The van der Waals surface area contributed by atoms with E-state index in [-0.39, 0.29) is 6.29 Å². The van der Waals surface area contributed by atoms with Crippen molar-refractivity contribution in [2.75, 3.05) is 26.4 Å². The van der Waals surface area contributed by atoms with Crippen molar-refractivity contribution in [1.29, 1.82) is 0 Å². The summed E-state index contributed by atoms with van der Waals surface area (Å²) in [5.74, 6) is 0.970. The van der Waals surface area contributed by atoms with Crippen LogP contribution in [0.15, 0.2) is 0 Å². The molecule has 1 saturated carbocycles. The summed E-state index contributed by atoms with van der Waals surface area (Å²) < 4.78 is 16.4. The Morgan fingerprint density at radius 2 is 1.71 bits per heavy atom. The maximum Gasteiger partial charge on any atom is 0.159 e. The average Bonchev–Trinajstić information content (AvgIpc) is 3.03. The van der Waals surface area contributed by atoms with Crippen molar-refractivity contribution in [3.05, 3.63) is 0 Å². The van der Waals surface area contributed by atoms with Gasteiger partial charge in [0.25, 0.3) is 0 Å². The highest BCUT2D eigenvalue weighted by molar-refractivity contribution is 4.72. The van der Waals surface area contributed by atoms with Crippen LogP contribution in [0, 0.1) is 5.92 Å². The largest absolute Gasteiger partial charge is 0.381 e. The second-order valence-corrected chi connectivity index (χ2v) is 4.16. The van der Waals surface area contributed by atoms with Crippen molar-refractivity contribution in [1.82, 2.24) is 0 Å². The van der Waals surface area contributed by atoms with Crippen LogP contribution in [0.2, 0.25) is 0 Å². The first-order valence-corrected chi connectivity index (χ1v) is 5.76. The average molecular weight is 200 g/mol. The summed E-state index contributed by atoms with van der Waals surface area (Å²) in [5.41, 5.74) is 0. The maximum atomic E-state index is 5.53. The molecule has 2 rings (SSSR count). The van der Waals surface area contributed by atoms with Crippen molar-refractivity contribution in [2.24, 2.45) is 5.92 Å². The van der Waals surface area contributed by atoms with Crippen LogP contribution in [0.3, 0.4) is 0 Å². The molecule has 0 unspecified atom stereocenters. The molecule has 0 atom stereocenters. The molecule has 82 valence electrons. The lowest BCUT2D eigenvalue weighted by molar-refractivity contribution is -0.186. The van der Waals surface area contributed by atoms with Crippen LogP contribution in [-0.4, -0.2) is 32.7 Å². The predicted octanol–water partition coefficient (Wildman–Crippen LogP) is 1.96. The van der Waals surface area contributed by atoms with Gasteiger partial charge in [-0.25, -0.2) is 0 Å². The van der Waals surface area contributed by atoms with E-state index in [2.05, 4.69) is 0 Å². The standard InChI is InChI=1S/C11H20O3/c1-6-13-11(14-7-1)5-9-12-8-4-10-2-3-10/h10-11H,1-9H2. The van der Waals surface area contributed by atoms with Crippen LogP contribution in [-0.2, 0) is 14.2 Å². The number of ether oxygens (including phenoxy) is 3. The van der Waals surface area contributed by atoms with Crippen LogP contribution >= 0.6 is 0 Å². The fourth-order valence-corrected chi connectivity index (χ4v) is 1.64. The molecule has 0 aromatic rings. The third-order valence-corrected chi connectivity index (χ3v) is 2.76. The second-order valence-electron chi connectivity index (χ2n) is 4.16. The van der Waals surface area contributed by atoms with E-state index in [0.717, 1.165) is 45.2 Å². The summed E-state index contributed by atoms with van der Waals surface area (Å²) >= 11 is 0. The molecule has 0 aromatic heterocycles. The Labute approximate surface area is 85.7 Å². The van der Waals surface area contributed by atoms with E-state index in [1.807, 2.05) is 0 Å².